The minimum atomic E-state index is 0.354. The standard InChI is InChI=1S/C17H18N4/c1-21-10-9-16(17(21)13-5-3-2-4-6-13)20-15-8-7-14(11-18)19-12-15/h2-8,12,16-17,20H,9-10H2,1H3/t16-,17+/m0/s1. The Morgan fingerprint density at radius 1 is 1.24 bits per heavy atom. The van der Waals surface area contributed by atoms with Crippen molar-refractivity contribution in [3.05, 3.63) is 59.9 Å². The summed E-state index contributed by atoms with van der Waals surface area (Å²) in [6, 6.07) is 17.0. The summed E-state index contributed by atoms with van der Waals surface area (Å²) in [6.07, 6.45) is 2.83. The van der Waals surface area contributed by atoms with Gasteiger partial charge in [0.05, 0.1) is 17.9 Å². The van der Waals surface area contributed by atoms with E-state index in [-0.39, 0.29) is 0 Å². The summed E-state index contributed by atoms with van der Waals surface area (Å²) in [5.74, 6) is 0. The molecule has 0 radical (unpaired) electrons. The number of hydrogen-bond acceptors (Lipinski definition) is 4. The first-order valence-corrected chi connectivity index (χ1v) is 7.16. The number of likely N-dealkylation sites (N-methyl/N-ethyl adjacent to an activating group) is 1. The molecule has 0 unspecified atom stereocenters. The maximum atomic E-state index is 8.80. The van der Waals surface area contributed by atoms with Crippen molar-refractivity contribution in [3.8, 4) is 6.07 Å². The molecule has 1 aliphatic heterocycles. The summed E-state index contributed by atoms with van der Waals surface area (Å²) in [4.78, 5) is 6.50. The molecule has 0 spiro atoms. The van der Waals surface area contributed by atoms with Gasteiger partial charge in [0.25, 0.3) is 0 Å². The molecule has 2 heterocycles. The highest BCUT2D eigenvalue weighted by Crippen LogP contribution is 2.32. The fourth-order valence-electron chi connectivity index (χ4n) is 2.99. The predicted molar refractivity (Wildman–Crippen MR) is 82.8 cm³/mol. The number of nitrogens with one attached hydrogen (secondary N) is 1. The van der Waals surface area contributed by atoms with Crippen molar-refractivity contribution < 1.29 is 0 Å². The second-order valence-electron chi connectivity index (χ2n) is 5.42. The Balaban J connectivity index is 1.79. The molecule has 1 aromatic heterocycles. The minimum Gasteiger partial charge on any atom is -0.379 e. The monoisotopic (exact) mass is 278 g/mol. The summed E-state index contributed by atoms with van der Waals surface area (Å²) >= 11 is 0. The minimum absolute atomic E-state index is 0.354. The van der Waals surface area contributed by atoms with Gasteiger partial charge in [0.15, 0.2) is 0 Å². The molecule has 1 saturated heterocycles. The molecule has 0 bridgehead atoms. The highest BCUT2D eigenvalue weighted by atomic mass is 15.2. The summed E-state index contributed by atoms with van der Waals surface area (Å²) in [6.45, 7) is 1.07. The smallest absolute Gasteiger partial charge is 0.140 e. The molecule has 21 heavy (non-hydrogen) atoms. The van der Waals surface area contributed by atoms with E-state index in [0.29, 0.717) is 17.8 Å². The number of benzene rings is 1. The van der Waals surface area contributed by atoms with Gasteiger partial charge in [0, 0.05) is 12.6 Å². The average molecular weight is 278 g/mol. The molecular formula is C17H18N4. The summed E-state index contributed by atoms with van der Waals surface area (Å²) < 4.78 is 0. The van der Waals surface area contributed by atoms with Gasteiger partial charge in [-0.05, 0) is 31.2 Å². The third-order valence-corrected chi connectivity index (χ3v) is 4.02. The van der Waals surface area contributed by atoms with Crippen molar-refractivity contribution in [2.75, 3.05) is 18.9 Å². The van der Waals surface area contributed by atoms with Crippen LogP contribution < -0.4 is 5.32 Å². The lowest BCUT2D eigenvalue weighted by atomic mass is 10.00. The Morgan fingerprint density at radius 2 is 2.05 bits per heavy atom. The Hall–Kier alpha value is -2.38. The zero-order valence-corrected chi connectivity index (χ0v) is 12.0. The molecule has 4 nitrogen and oxygen atoms in total. The second-order valence-corrected chi connectivity index (χ2v) is 5.42. The number of aromatic nitrogens is 1. The van der Waals surface area contributed by atoms with E-state index in [2.05, 4.69) is 46.5 Å². The molecule has 0 saturated carbocycles. The van der Waals surface area contributed by atoms with Gasteiger partial charge < -0.3 is 5.32 Å². The molecular weight excluding hydrogens is 260 g/mol. The van der Waals surface area contributed by atoms with Gasteiger partial charge in [-0.3, -0.25) is 4.90 Å². The number of rotatable bonds is 3. The van der Waals surface area contributed by atoms with Crippen LogP contribution >= 0.6 is 0 Å². The van der Waals surface area contributed by atoms with E-state index in [1.165, 1.54) is 5.56 Å². The van der Waals surface area contributed by atoms with Crippen LogP contribution in [-0.4, -0.2) is 29.5 Å². The average Bonchev–Trinajstić information content (AvgIpc) is 2.89. The Morgan fingerprint density at radius 3 is 2.71 bits per heavy atom. The zero-order chi connectivity index (χ0) is 14.7. The number of nitrogens with zero attached hydrogens (tertiary/aromatic N) is 3. The first-order valence-electron chi connectivity index (χ1n) is 7.16. The van der Waals surface area contributed by atoms with E-state index in [1.54, 1.807) is 12.3 Å². The molecule has 0 aliphatic carbocycles. The molecule has 106 valence electrons. The van der Waals surface area contributed by atoms with Crippen molar-refractivity contribution in [2.24, 2.45) is 0 Å². The number of anilines is 1. The lowest BCUT2D eigenvalue weighted by molar-refractivity contribution is 0.309. The van der Waals surface area contributed by atoms with Gasteiger partial charge in [-0.25, -0.2) is 4.98 Å². The van der Waals surface area contributed by atoms with E-state index >= 15 is 0 Å². The highest BCUT2D eigenvalue weighted by Gasteiger charge is 2.32. The molecule has 1 aromatic carbocycles. The highest BCUT2D eigenvalue weighted by molar-refractivity contribution is 5.45. The molecule has 1 aliphatic rings. The molecule has 2 aromatic rings. The van der Waals surface area contributed by atoms with Gasteiger partial charge in [-0.15, -0.1) is 0 Å². The first kappa shape index (κ1) is 13.6. The van der Waals surface area contributed by atoms with Crippen LogP contribution in [0.3, 0.4) is 0 Å². The summed E-state index contributed by atoms with van der Waals surface area (Å²) in [5.41, 5.74) is 2.75. The quantitative estimate of drug-likeness (QED) is 0.938. The van der Waals surface area contributed by atoms with Crippen LogP contribution in [0.25, 0.3) is 0 Å². The van der Waals surface area contributed by atoms with Crippen LogP contribution in [0.4, 0.5) is 5.69 Å². The van der Waals surface area contributed by atoms with Crippen molar-refractivity contribution >= 4 is 5.69 Å². The zero-order valence-electron chi connectivity index (χ0n) is 12.0. The molecule has 0 amide bonds. The van der Waals surface area contributed by atoms with Crippen LogP contribution in [0.15, 0.2) is 48.7 Å². The summed E-state index contributed by atoms with van der Waals surface area (Å²) in [5, 5.41) is 12.4. The maximum Gasteiger partial charge on any atom is 0.140 e. The lowest BCUT2D eigenvalue weighted by Gasteiger charge is -2.26. The third-order valence-electron chi connectivity index (χ3n) is 4.02. The first-order chi connectivity index (χ1) is 10.3. The maximum absolute atomic E-state index is 8.80. The van der Waals surface area contributed by atoms with Gasteiger partial charge in [0.2, 0.25) is 0 Å². The van der Waals surface area contributed by atoms with Crippen molar-refractivity contribution in [1.82, 2.24) is 9.88 Å². The lowest BCUT2D eigenvalue weighted by Crippen LogP contribution is -2.29. The molecule has 1 fully saturated rings. The number of pyridine rings is 1. The summed E-state index contributed by atoms with van der Waals surface area (Å²) in [7, 11) is 2.16. The third kappa shape index (κ3) is 2.88. The molecule has 3 rings (SSSR count). The van der Waals surface area contributed by atoms with Crippen molar-refractivity contribution in [2.45, 2.75) is 18.5 Å². The Kier molecular flexibility index (Phi) is 3.85. The van der Waals surface area contributed by atoms with Crippen LogP contribution in [0.1, 0.15) is 23.7 Å². The topological polar surface area (TPSA) is 52.0 Å². The fraction of sp³-hybridized carbons (Fsp3) is 0.294. The predicted octanol–water partition coefficient (Wildman–Crippen LogP) is 2.81. The molecule has 2 atom stereocenters. The number of hydrogen-bond donors (Lipinski definition) is 1. The number of nitriles is 1. The Labute approximate surface area is 125 Å². The normalized spacial score (nSPS) is 21.9. The van der Waals surface area contributed by atoms with E-state index < -0.39 is 0 Å². The van der Waals surface area contributed by atoms with E-state index in [9.17, 15) is 0 Å². The fourth-order valence-corrected chi connectivity index (χ4v) is 2.99. The molecule has 4 heteroatoms. The largest absolute Gasteiger partial charge is 0.379 e. The van der Waals surface area contributed by atoms with Crippen LogP contribution in [-0.2, 0) is 0 Å². The van der Waals surface area contributed by atoms with Gasteiger partial charge in [0.1, 0.15) is 11.8 Å². The van der Waals surface area contributed by atoms with Crippen molar-refractivity contribution in [3.63, 3.8) is 0 Å². The van der Waals surface area contributed by atoms with Crippen LogP contribution in [0.5, 0.6) is 0 Å². The number of likely N-dealkylation sites (tertiary alicyclic amines) is 1. The van der Waals surface area contributed by atoms with Gasteiger partial charge in [-0.1, -0.05) is 30.3 Å². The van der Waals surface area contributed by atoms with Crippen LogP contribution in [0.2, 0.25) is 0 Å². The molecule has 1 N–H and O–H groups in total. The van der Waals surface area contributed by atoms with Crippen LogP contribution in [0, 0.1) is 11.3 Å². The van der Waals surface area contributed by atoms with E-state index in [4.69, 9.17) is 5.26 Å². The van der Waals surface area contributed by atoms with Crippen molar-refractivity contribution in [1.29, 1.82) is 5.26 Å². The Bertz CT molecular complexity index is 630. The van der Waals surface area contributed by atoms with E-state index in [1.807, 2.05) is 18.2 Å². The van der Waals surface area contributed by atoms with E-state index in [0.717, 1.165) is 18.7 Å². The van der Waals surface area contributed by atoms with Gasteiger partial charge >= 0.3 is 0 Å². The second kappa shape index (κ2) is 5.94. The van der Waals surface area contributed by atoms with Gasteiger partial charge in [-0.2, -0.15) is 5.26 Å². The SMILES string of the molecule is CN1CC[C@H](Nc2ccc(C#N)nc2)[C@H]1c1ccccc1.